The highest BCUT2D eigenvalue weighted by atomic mass is 32.2. The summed E-state index contributed by atoms with van der Waals surface area (Å²) in [6.45, 7) is 0. The number of rotatable bonds is 3. The second-order valence-corrected chi connectivity index (χ2v) is 7.12. The van der Waals surface area contributed by atoms with Crippen molar-refractivity contribution < 1.29 is 16.8 Å². The minimum absolute atomic E-state index is 0.194. The van der Waals surface area contributed by atoms with E-state index in [1.807, 2.05) is 0 Å². The molecule has 0 amide bonds. The van der Waals surface area contributed by atoms with Gasteiger partial charge >= 0.3 is 0 Å². The number of benzene rings is 2. The molecule has 6 nitrogen and oxygen atoms in total. The normalized spacial score (nSPS) is 12.3. The van der Waals surface area contributed by atoms with Crippen LogP contribution in [0.5, 0.6) is 0 Å². The standard InChI is InChI=1S/C12H12N2O4S2/c13-19(15,16)11-8-4-7-10(12(11)20(14,17)18)9-5-2-1-3-6-9/h1-8H,(H2,13,15,16)(H2,14,17,18). The van der Waals surface area contributed by atoms with Crippen molar-refractivity contribution in [3.63, 3.8) is 0 Å². The minimum Gasteiger partial charge on any atom is -0.225 e. The van der Waals surface area contributed by atoms with Crippen LogP contribution < -0.4 is 10.3 Å². The monoisotopic (exact) mass is 312 g/mol. The minimum atomic E-state index is -4.25. The van der Waals surface area contributed by atoms with Crippen molar-refractivity contribution in [1.82, 2.24) is 0 Å². The van der Waals surface area contributed by atoms with E-state index in [-0.39, 0.29) is 5.56 Å². The van der Waals surface area contributed by atoms with Crippen molar-refractivity contribution in [1.29, 1.82) is 0 Å². The number of sulfonamides is 2. The Balaban J connectivity index is 2.92. The summed E-state index contributed by atoms with van der Waals surface area (Å²) < 4.78 is 46.6. The fraction of sp³-hybridized carbons (Fsp3) is 0. The van der Waals surface area contributed by atoms with E-state index in [4.69, 9.17) is 10.3 Å². The number of hydrogen-bond acceptors (Lipinski definition) is 4. The fourth-order valence-corrected chi connectivity index (χ4v) is 4.05. The van der Waals surface area contributed by atoms with Crippen LogP contribution in [0, 0.1) is 0 Å². The van der Waals surface area contributed by atoms with Crippen molar-refractivity contribution in [3.05, 3.63) is 48.5 Å². The zero-order chi connectivity index (χ0) is 15.0. The fourth-order valence-electron chi connectivity index (χ4n) is 1.88. The van der Waals surface area contributed by atoms with Crippen LogP contribution in [0.1, 0.15) is 0 Å². The molecule has 0 saturated heterocycles. The zero-order valence-electron chi connectivity index (χ0n) is 10.2. The lowest BCUT2D eigenvalue weighted by atomic mass is 10.1. The highest BCUT2D eigenvalue weighted by molar-refractivity contribution is 7.92. The van der Waals surface area contributed by atoms with E-state index in [2.05, 4.69) is 0 Å². The SMILES string of the molecule is NS(=O)(=O)c1cccc(-c2ccccc2)c1S(N)(=O)=O. The first kappa shape index (κ1) is 14.7. The van der Waals surface area contributed by atoms with Gasteiger partial charge in [-0.15, -0.1) is 0 Å². The topological polar surface area (TPSA) is 120 Å². The molecule has 0 bridgehead atoms. The van der Waals surface area contributed by atoms with Crippen LogP contribution in [0.2, 0.25) is 0 Å². The summed E-state index contributed by atoms with van der Waals surface area (Å²) in [5.74, 6) is 0. The number of primary sulfonamides is 2. The van der Waals surface area contributed by atoms with Gasteiger partial charge in [0.15, 0.2) is 0 Å². The average Bonchev–Trinajstić information content (AvgIpc) is 2.37. The molecule has 2 aromatic carbocycles. The molecule has 0 aromatic heterocycles. The third-order valence-electron chi connectivity index (χ3n) is 2.65. The molecule has 4 N–H and O–H groups in total. The molecule has 0 aliphatic heterocycles. The third kappa shape index (κ3) is 2.88. The molecule has 0 aliphatic carbocycles. The molecular weight excluding hydrogens is 300 g/mol. The molecule has 2 aromatic rings. The maximum Gasteiger partial charge on any atom is 0.240 e. The largest absolute Gasteiger partial charge is 0.240 e. The first-order valence-corrected chi connectivity index (χ1v) is 8.54. The molecule has 0 heterocycles. The number of hydrogen-bond donors (Lipinski definition) is 2. The van der Waals surface area contributed by atoms with E-state index in [0.29, 0.717) is 5.56 Å². The molecule has 0 unspecified atom stereocenters. The van der Waals surface area contributed by atoms with Crippen molar-refractivity contribution in [2.75, 3.05) is 0 Å². The van der Waals surface area contributed by atoms with E-state index in [9.17, 15) is 16.8 Å². The molecule has 0 fully saturated rings. The Bertz CT molecular complexity index is 844. The van der Waals surface area contributed by atoms with Gasteiger partial charge in [0.25, 0.3) is 0 Å². The van der Waals surface area contributed by atoms with Crippen molar-refractivity contribution >= 4 is 20.0 Å². The van der Waals surface area contributed by atoms with Crippen molar-refractivity contribution in [2.24, 2.45) is 10.3 Å². The van der Waals surface area contributed by atoms with Gasteiger partial charge in [-0.25, -0.2) is 27.1 Å². The first-order valence-electron chi connectivity index (χ1n) is 5.45. The molecule has 106 valence electrons. The Morgan fingerprint density at radius 1 is 0.700 bits per heavy atom. The summed E-state index contributed by atoms with van der Waals surface area (Å²) in [5.41, 5.74) is 0.724. The summed E-state index contributed by atoms with van der Waals surface area (Å²) in [7, 11) is -8.46. The lowest BCUT2D eigenvalue weighted by Crippen LogP contribution is -2.21. The van der Waals surface area contributed by atoms with Gasteiger partial charge in [-0.3, -0.25) is 0 Å². The Labute approximate surface area is 117 Å². The van der Waals surface area contributed by atoms with Crippen LogP contribution in [0.25, 0.3) is 11.1 Å². The summed E-state index contributed by atoms with van der Waals surface area (Å²) >= 11 is 0. The molecule has 20 heavy (non-hydrogen) atoms. The zero-order valence-corrected chi connectivity index (χ0v) is 11.9. The Hall–Kier alpha value is -1.74. The Kier molecular flexibility index (Phi) is 3.65. The van der Waals surface area contributed by atoms with Gasteiger partial charge in [0, 0.05) is 5.56 Å². The predicted molar refractivity (Wildman–Crippen MR) is 74.6 cm³/mol. The van der Waals surface area contributed by atoms with E-state index < -0.39 is 29.8 Å². The first-order chi connectivity index (χ1) is 9.21. The summed E-state index contributed by atoms with van der Waals surface area (Å²) in [5, 5.41) is 10.2. The van der Waals surface area contributed by atoms with Crippen LogP contribution in [0.15, 0.2) is 58.3 Å². The number of nitrogens with two attached hydrogens (primary N) is 2. The molecule has 2 rings (SSSR count). The second kappa shape index (κ2) is 4.98. The van der Waals surface area contributed by atoms with Crippen LogP contribution >= 0.6 is 0 Å². The molecular formula is C12H12N2O4S2. The maximum absolute atomic E-state index is 11.8. The molecule has 0 saturated carbocycles. The lowest BCUT2D eigenvalue weighted by Gasteiger charge is -2.11. The van der Waals surface area contributed by atoms with E-state index >= 15 is 0 Å². The lowest BCUT2D eigenvalue weighted by molar-refractivity contribution is 0.584. The van der Waals surface area contributed by atoms with Gasteiger partial charge in [0.2, 0.25) is 20.0 Å². The van der Waals surface area contributed by atoms with Gasteiger partial charge in [0.05, 0.1) is 0 Å². The van der Waals surface area contributed by atoms with Gasteiger partial charge in [-0.1, -0.05) is 42.5 Å². The van der Waals surface area contributed by atoms with Crippen LogP contribution in [0.3, 0.4) is 0 Å². The molecule has 0 spiro atoms. The average molecular weight is 312 g/mol. The summed E-state index contributed by atoms with van der Waals surface area (Å²) in [6, 6.07) is 12.5. The van der Waals surface area contributed by atoms with Gasteiger partial charge in [-0.2, -0.15) is 0 Å². The third-order valence-corrected chi connectivity index (χ3v) is 4.75. The van der Waals surface area contributed by atoms with Gasteiger partial charge in [-0.05, 0) is 11.6 Å². The van der Waals surface area contributed by atoms with Crippen LogP contribution in [-0.2, 0) is 20.0 Å². The summed E-state index contributed by atoms with van der Waals surface area (Å²) in [6.07, 6.45) is 0. The van der Waals surface area contributed by atoms with E-state index in [0.717, 1.165) is 6.07 Å². The van der Waals surface area contributed by atoms with E-state index in [1.54, 1.807) is 30.3 Å². The van der Waals surface area contributed by atoms with Gasteiger partial charge < -0.3 is 0 Å². The van der Waals surface area contributed by atoms with Crippen molar-refractivity contribution in [3.8, 4) is 11.1 Å². The molecule has 8 heteroatoms. The van der Waals surface area contributed by atoms with Gasteiger partial charge in [0.1, 0.15) is 9.79 Å². The molecule has 0 aliphatic rings. The Morgan fingerprint density at radius 3 is 1.80 bits per heavy atom. The van der Waals surface area contributed by atoms with Crippen LogP contribution in [0.4, 0.5) is 0 Å². The van der Waals surface area contributed by atoms with Crippen LogP contribution in [-0.4, -0.2) is 16.8 Å². The summed E-state index contributed by atoms with van der Waals surface area (Å²) in [4.78, 5) is -1.00. The van der Waals surface area contributed by atoms with Crippen molar-refractivity contribution in [2.45, 2.75) is 9.79 Å². The highest BCUT2D eigenvalue weighted by Gasteiger charge is 2.25. The molecule has 0 radical (unpaired) electrons. The highest BCUT2D eigenvalue weighted by Crippen LogP contribution is 2.31. The second-order valence-electron chi connectivity index (χ2n) is 4.09. The predicted octanol–water partition coefficient (Wildman–Crippen LogP) is 0.648. The Morgan fingerprint density at radius 2 is 1.30 bits per heavy atom. The van der Waals surface area contributed by atoms with E-state index in [1.165, 1.54) is 12.1 Å². The maximum atomic E-state index is 11.8. The smallest absolute Gasteiger partial charge is 0.225 e. The quantitative estimate of drug-likeness (QED) is 0.864. The molecule has 0 atom stereocenters.